The SMILES string of the molecule is CC(=O)NCCc1c(O)[nH]c2c(O)c(O)c(O)c(O)c12. The minimum atomic E-state index is -0.885. The molecule has 0 saturated heterocycles. The van der Waals surface area contributed by atoms with Crippen molar-refractivity contribution in [2.75, 3.05) is 6.54 Å². The molecule has 108 valence electrons. The molecule has 0 bridgehead atoms. The number of carbonyl (C=O) groups is 1. The first-order valence-corrected chi connectivity index (χ1v) is 5.78. The first-order valence-electron chi connectivity index (χ1n) is 5.78. The molecule has 2 aromatic rings. The predicted molar refractivity (Wildman–Crippen MR) is 69.0 cm³/mol. The van der Waals surface area contributed by atoms with Gasteiger partial charge < -0.3 is 35.8 Å². The van der Waals surface area contributed by atoms with Gasteiger partial charge in [-0.3, -0.25) is 4.79 Å². The maximum atomic E-state index is 10.8. The van der Waals surface area contributed by atoms with Gasteiger partial charge in [-0.2, -0.15) is 0 Å². The fourth-order valence-electron chi connectivity index (χ4n) is 2.03. The monoisotopic (exact) mass is 282 g/mol. The third-order valence-electron chi connectivity index (χ3n) is 2.98. The van der Waals surface area contributed by atoms with Crippen molar-refractivity contribution in [2.45, 2.75) is 13.3 Å². The minimum absolute atomic E-state index is 0.0133. The molecular formula is C12H14N2O6. The Balaban J connectivity index is 2.55. The number of H-pyrrole nitrogens is 1. The molecule has 7 N–H and O–H groups in total. The van der Waals surface area contributed by atoms with Crippen molar-refractivity contribution in [1.29, 1.82) is 0 Å². The lowest BCUT2D eigenvalue weighted by Gasteiger charge is -2.07. The maximum Gasteiger partial charge on any atom is 0.216 e. The Morgan fingerprint density at radius 2 is 1.65 bits per heavy atom. The summed E-state index contributed by atoms with van der Waals surface area (Å²) in [4.78, 5) is 13.2. The molecule has 1 aromatic carbocycles. The van der Waals surface area contributed by atoms with Crippen molar-refractivity contribution in [2.24, 2.45) is 0 Å². The number of aromatic hydroxyl groups is 5. The van der Waals surface area contributed by atoms with Crippen LogP contribution in [0.2, 0.25) is 0 Å². The van der Waals surface area contributed by atoms with Crippen molar-refractivity contribution in [3.63, 3.8) is 0 Å². The van der Waals surface area contributed by atoms with Gasteiger partial charge in [-0.05, 0) is 6.42 Å². The van der Waals surface area contributed by atoms with E-state index < -0.39 is 23.0 Å². The van der Waals surface area contributed by atoms with Crippen molar-refractivity contribution in [3.8, 4) is 28.9 Å². The summed E-state index contributed by atoms with van der Waals surface area (Å²) >= 11 is 0. The van der Waals surface area contributed by atoms with Gasteiger partial charge in [-0.25, -0.2) is 0 Å². The highest BCUT2D eigenvalue weighted by Gasteiger charge is 2.24. The molecule has 20 heavy (non-hydrogen) atoms. The van der Waals surface area contributed by atoms with E-state index >= 15 is 0 Å². The molecule has 0 spiro atoms. The second kappa shape index (κ2) is 4.72. The average molecular weight is 282 g/mol. The van der Waals surface area contributed by atoms with Gasteiger partial charge in [-0.15, -0.1) is 0 Å². The number of rotatable bonds is 3. The van der Waals surface area contributed by atoms with Gasteiger partial charge in [0.2, 0.25) is 17.4 Å². The fraction of sp³-hybridized carbons (Fsp3) is 0.250. The van der Waals surface area contributed by atoms with Crippen LogP contribution in [-0.2, 0) is 11.2 Å². The molecule has 8 nitrogen and oxygen atoms in total. The molecule has 0 aliphatic rings. The number of hydrogen-bond acceptors (Lipinski definition) is 6. The molecule has 0 aliphatic carbocycles. The van der Waals surface area contributed by atoms with E-state index in [9.17, 15) is 30.3 Å². The third-order valence-corrected chi connectivity index (χ3v) is 2.98. The van der Waals surface area contributed by atoms with E-state index in [2.05, 4.69) is 10.3 Å². The Hall–Kier alpha value is -2.77. The number of nitrogens with one attached hydrogen (secondary N) is 2. The van der Waals surface area contributed by atoms with Crippen LogP contribution in [0, 0.1) is 0 Å². The zero-order chi connectivity index (χ0) is 15.0. The van der Waals surface area contributed by atoms with Gasteiger partial charge in [0.25, 0.3) is 0 Å². The van der Waals surface area contributed by atoms with Gasteiger partial charge in [0.05, 0.1) is 10.9 Å². The smallest absolute Gasteiger partial charge is 0.216 e. The highest BCUT2D eigenvalue weighted by atomic mass is 16.3. The Morgan fingerprint density at radius 1 is 1.05 bits per heavy atom. The van der Waals surface area contributed by atoms with Crippen LogP contribution >= 0.6 is 0 Å². The van der Waals surface area contributed by atoms with Crippen molar-refractivity contribution in [1.82, 2.24) is 10.3 Å². The molecule has 0 saturated carbocycles. The first kappa shape index (κ1) is 13.7. The van der Waals surface area contributed by atoms with Crippen molar-refractivity contribution < 1.29 is 30.3 Å². The normalized spacial score (nSPS) is 10.8. The number of aromatic nitrogens is 1. The van der Waals surface area contributed by atoms with Crippen LogP contribution < -0.4 is 5.32 Å². The Bertz CT molecular complexity index is 691. The minimum Gasteiger partial charge on any atom is -0.504 e. The van der Waals surface area contributed by atoms with Crippen molar-refractivity contribution >= 4 is 16.8 Å². The highest BCUT2D eigenvalue weighted by Crippen LogP contribution is 2.50. The lowest BCUT2D eigenvalue weighted by atomic mass is 10.1. The van der Waals surface area contributed by atoms with E-state index in [1.54, 1.807) is 0 Å². The third kappa shape index (κ3) is 2.00. The van der Waals surface area contributed by atoms with E-state index in [4.69, 9.17) is 0 Å². The molecule has 0 fully saturated rings. The summed E-state index contributed by atoms with van der Waals surface area (Å²) in [5.41, 5.74) is 0.102. The van der Waals surface area contributed by atoms with Crippen LogP contribution in [0.4, 0.5) is 0 Å². The maximum absolute atomic E-state index is 10.8. The fourth-order valence-corrected chi connectivity index (χ4v) is 2.03. The van der Waals surface area contributed by atoms with Gasteiger partial charge >= 0.3 is 0 Å². The van der Waals surface area contributed by atoms with Gasteiger partial charge in [0.15, 0.2) is 17.4 Å². The molecule has 0 unspecified atom stereocenters. The molecule has 1 aromatic heterocycles. The largest absolute Gasteiger partial charge is 0.504 e. The predicted octanol–water partition coefficient (Wildman–Crippen LogP) is 0.374. The Labute approximate surface area is 112 Å². The number of carbonyl (C=O) groups excluding carboxylic acids is 1. The first-order chi connectivity index (χ1) is 9.34. The van der Waals surface area contributed by atoms with E-state index in [1.165, 1.54) is 6.92 Å². The van der Waals surface area contributed by atoms with E-state index in [0.717, 1.165) is 0 Å². The molecule has 2 rings (SSSR count). The highest BCUT2D eigenvalue weighted by molar-refractivity contribution is 5.99. The van der Waals surface area contributed by atoms with E-state index in [-0.39, 0.29) is 41.2 Å². The van der Waals surface area contributed by atoms with E-state index in [1.807, 2.05) is 0 Å². The Kier molecular flexibility index (Phi) is 3.23. The lowest BCUT2D eigenvalue weighted by Crippen LogP contribution is -2.22. The van der Waals surface area contributed by atoms with Crippen LogP contribution in [-0.4, -0.2) is 43.0 Å². The summed E-state index contributed by atoms with van der Waals surface area (Å²) in [5, 5.41) is 50.7. The van der Waals surface area contributed by atoms with Gasteiger partial charge in [0.1, 0.15) is 0 Å². The number of phenolic OH excluding ortho intramolecular Hbond substituents is 4. The van der Waals surface area contributed by atoms with Crippen LogP contribution in [0.3, 0.4) is 0 Å². The van der Waals surface area contributed by atoms with E-state index in [0.29, 0.717) is 0 Å². The summed E-state index contributed by atoms with van der Waals surface area (Å²) in [6.07, 6.45) is 0.155. The number of amides is 1. The standard InChI is InChI=1S/C12H14N2O6/c1-4(15)13-3-2-5-6-7(14-12(5)20)9(17)11(19)10(18)8(6)16/h14,16-20H,2-3H2,1H3,(H,13,15). The lowest BCUT2D eigenvalue weighted by molar-refractivity contribution is -0.118. The van der Waals surface area contributed by atoms with Crippen LogP contribution in [0.25, 0.3) is 10.9 Å². The molecule has 0 atom stereocenters. The number of aromatic amines is 1. The van der Waals surface area contributed by atoms with Crippen LogP contribution in [0.1, 0.15) is 12.5 Å². The van der Waals surface area contributed by atoms with Crippen LogP contribution in [0.15, 0.2) is 0 Å². The molecule has 8 heteroatoms. The van der Waals surface area contributed by atoms with Crippen LogP contribution in [0.5, 0.6) is 28.9 Å². The number of hydrogen-bond donors (Lipinski definition) is 7. The summed E-state index contributed by atoms with van der Waals surface area (Å²) in [7, 11) is 0. The second-order valence-electron chi connectivity index (χ2n) is 4.33. The molecule has 0 aliphatic heterocycles. The van der Waals surface area contributed by atoms with Crippen molar-refractivity contribution in [3.05, 3.63) is 5.56 Å². The van der Waals surface area contributed by atoms with Gasteiger partial charge in [0, 0.05) is 19.0 Å². The second-order valence-corrected chi connectivity index (χ2v) is 4.33. The summed E-state index contributed by atoms with van der Waals surface area (Å²) in [6, 6.07) is 0. The van der Waals surface area contributed by atoms with Gasteiger partial charge in [-0.1, -0.05) is 0 Å². The summed E-state index contributed by atoms with van der Waals surface area (Å²) < 4.78 is 0. The molecule has 0 radical (unpaired) electrons. The zero-order valence-corrected chi connectivity index (χ0v) is 10.6. The topological polar surface area (TPSA) is 146 Å². The quantitative estimate of drug-likeness (QED) is 0.320. The molecular weight excluding hydrogens is 268 g/mol. The number of benzene rings is 1. The molecule has 1 amide bonds. The number of phenols is 4. The summed E-state index contributed by atoms with van der Waals surface area (Å²) in [5.74, 6) is -3.70. The zero-order valence-electron chi connectivity index (χ0n) is 10.6. The number of fused-ring (bicyclic) bond motifs is 1. The molecule has 1 heterocycles. The summed E-state index contributed by atoms with van der Waals surface area (Å²) in [6.45, 7) is 1.53. The average Bonchev–Trinajstić information content (AvgIpc) is 2.71. The Morgan fingerprint density at radius 3 is 2.25 bits per heavy atom.